The van der Waals surface area contributed by atoms with Crippen molar-refractivity contribution >= 4 is 17.8 Å². The molecule has 5 rings (SSSR count). The van der Waals surface area contributed by atoms with Crippen molar-refractivity contribution in [2.75, 3.05) is 13.6 Å². The molecule has 200 valence electrons. The standard InChI is InChI=1S/C26H32N2O9/c1-13(30)23(32)27-16(24(33)34)5-6-19(31)36-17-7-8-26(35)18-11-14-3-4-15(12-29)21-20(14)25(26,22(17)37-21)9-10-28(18)2/h3-4,7,13,16,18,22,29-30,35H,5-6,8-12H2,1-2H3,(H,27,32)(H,33,34)/t13-,16-,18+,22?,25?,26+/m0/s1. The third-order valence-electron chi connectivity index (χ3n) is 8.49. The molecular formula is C26H32N2O9. The number of rotatable bonds is 8. The summed E-state index contributed by atoms with van der Waals surface area (Å²) in [6, 6.07) is 2.27. The molecule has 2 heterocycles. The summed E-state index contributed by atoms with van der Waals surface area (Å²) in [6.45, 7) is 1.69. The molecule has 11 heteroatoms. The van der Waals surface area contributed by atoms with E-state index >= 15 is 0 Å². The average molecular weight is 517 g/mol. The second kappa shape index (κ2) is 9.09. The fourth-order valence-corrected chi connectivity index (χ4v) is 6.63. The Hall–Kier alpha value is -2.99. The summed E-state index contributed by atoms with van der Waals surface area (Å²) < 4.78 is 12.1. The number of nitrogens with zero attached hydrogens (tertiary/aromatic N) is 1. The van der Waals surface area contributed by atoms with Crippen LogP contribution < -0.4 is 10.1 Å². The van der Waals surface area contributed by atoms with Crippen molar-refractivity contribution in [3.63, 3.8) is 0 Å². The third kappa shape index (κ3) is 3.75. The molecule has 1 saturated heterocycles. The lowest BCUT2D eigenvalue weighted by atomic mass is 9.50. The maximum Gasteiger partial charge on any atom is 0.326 e. The van der Waals surface area contributed by atoms with Gasteiger partial charge in [-0.15, -0.1) is 0 Å². The van der Waals surface area contributed by atoms with E-state index in [1.165, 1.54) is 6.92 Å². The predicted molar refractivity (Wildman–Crippen MR) is 127 cm³/mol. The Morgan fingerprint density at radius 2 is 2.08 bits per heavy atom. The van der Waals surface area contributed by atoms with Crippen LogP contribution in [0.25, 0.3) is 0 Å². The number of amides is 1. The number of carboxylic acid groups (broad SMARTS) is 1. The first kappa shape index (κ1) is 25.7. The van der Waals surface area contributed by atoms with Crippen molar-refractivity contribution in [1.29, 1.82) is 0 Å². The molecule has 2 unspecified atom stereocenters. The minimum atomic E-state index is -1.39. The van der Waals surface area contributed by atoms with Gasteiger partial charge in [0.05, 0.1) is 17.6 Å². The Morgan fingerprint density at radius 3 is 2.76 bits per heavy atom. The van der Waals surface area contributed by atoms with Crippen molar-refractivity contribution in [3.8, 4) is 5.75 Å². The second-order valence-corrected chi connectivity index (χ2v) is 10.5. The average Bonchev–Trinajstić information content (AvgIpc) is 3.21. The highest BCUT2D eigenvalue weighted by Crippen LogP contribution is 2.64. The van der Waals surface area contributed by atoms with Crippen LogP contribution >= 0.6 is 0 Å². The van der Waals surface area contributed by atoms with Crippen LogP contribution in [-0.2, 0) is 37.6 Å². The van der Waals surface area contributed by atoms with Gasteiger partial charge in [-0.05, 0) is 51.4 Å². The number of likely N-dealkylation sites (N-methyl/N-ethyl adjacent to an activating group) is 1. The molecule has 2 aliphatic heterocycles. The van der Waals surface area contributed by atoms with Crippen LogP contribution in [0.4, 0.5) is 0 Å². The Balaban J connectivity index is 1.41. The molecule has 1 fully saturated rings. The number of carbonyl (C=O) groups is 3. The number of carbonyl (C=O) groups excluding carboxylic acids is 2. The quantitative estimate of drug-likeness (QED) is 0.290. The Morgan fingerprint density at radius 1 is 1.32 bits per heavy atom. The van der Waals surface area contributed by atoms with Gasteiger partial charge in [-0.1, -0.05) is 12.1 Å². The van der Waals surface area contributed by atoms with E-state index in [9.17, 15) is 34.8 Å². The summed E-state index contributed by atoms with van der Waals surface area (Å²) >= 11 is 0. The van der Waals surface area contributed by atoms with E-state index in [-0.39, 0.29) is 37.7 Å². The fraction of sp³-hybridized carbons (Fsp3) is 0.577. The van der Waals surface area contributed by atoms with Crippen LogP contribution in [0, 0.1) is 0 Å². The molecule has 0 aromatic heterocycles. The Labute approximate surface area is 213 Å². The first-order valence-corrected chi connectivity index (χ1v) is 12.5. The van der Waals surface area contributed by atoms with Gasteiger partial charge in [-0.3, -0.25) is 9.59 Å². The molecule has 2 aliphatic carbocycles. The number of piperidine rings is 1. The van der Waals surface area contributed by atoms with Crippen molar-refractivity contribution in [2.24, 2.45) is 0 Å². The van der Waals surface area contributed by atoms with E-state index in [4.69, 9.17) is 9.47 Å². The van der Waals surface area contributed by atoms with Gasteiger partial charge in [-0.25, -0.2) is 4.79 Å². The first-order chi connectivity index (χ1) is 17.5. The van der Waals surface area contributed by atoms with Crippen LogP contribution in [0.5, 0.6) is 5.75 Å². The minimum Gasteiger partial charge on any atom is -0.481 e. The maximum atomic E-state index is 12.8. The zero-order valence-electron chi connectivity index (χ0n) is 20.8. The number of carboxylic acids is 1. The molecule has 0 radical (unpaired) electrons. The van der Waals surface area contributed by atoms with Crippen LogP contribution in [-0.4, -0.2) is 86.7 Å². The first-order valence-electron chi connectivity index (χ1n) is 12.5. The highest BCUT2D eigenvalue weighted by atomic mass is 16.6. The summed E-state index contributed by atoms with van der Waals surface area (Å²) in [6.07, 6.45) is 0.423. The number of esters is 1. The Kier molecular flexibility index (Phi) is 6.30. The molecule has 1 aromatic rings. The van der Waals surface area contributed by atoms with Crippen LogP contribution in [0.1, 0.15) is 49.3 Å². The molecular weight excluding hydrogens is 484 g/mol. The number of nitrogens with one attached hydrogen (secondary N) is 1. The summed E-state index contributed by atoms with van der Waals surface area (Å²) in [7, 11) is 1.99. The third-order valence-corrected chi connectivity index (χ3v) is 8.49. The highest BCUT2D eigenvalue weighted by molar-refractivity contribution is 5.86. The number of hydrogen-bond acceptors (Lipinski definition) is 9. The van der Waals surface area contributed by atoms with E-state index < -0.39 is 47.1 Å². The van der Waals surface area contributed by atoms with Crippen molar-refractivity contribution < 1.29 is 44.3 Å². The molecule has 1 spiro atoms. The lowest BCUT2D eigenvalue weighted by molar-refractivity contribution is -0.169. The van der Waals surface area contributed by atoms with E-state index in [1.54, 1.807) is 6.08 Å². The lowest BCUT2D eigenvalue weighted by Crippen LogP contribution is -2.74. The van der Waals surface area contributed by atoms with Crippen molar-refractivity contribution in [1.82, 2.24) is 10.2 Å². The smallest absolute Gasteiger partial charge is 0.326 e. The normalized spacial score (nSPS) is 30.9. The molecule has 0 saturated carbocycles. The van der Waals surface area contributed by atoms with E-state index in [1.807, 2.05) is 19.2 Å². The van der Waals surface area contributed by atoms with Crippen molar-refractivity contribution in [3.05, 3.63) is 40.7 Å². The minimum absolute atomic E-state index is 0.159. The van der Waals surface area contributed by atoms with Gasteiger partial charge >= 0.3 is 11.9 Å². The van der Waals surface area contributed by atoms with Gasteiger partial charge < -0.3 is 40.1 Å². The second-order valence-electron chi connectivity index (χ2n) is 10.5. The molecule has 2 bridgehead atoms. The summed E-state index contributed by atoms with van der Waals surface area (Å²) in [5.74, 6) is -2.10. The molecule has 6 atom stereocenters. The topological polar surface area (TPSA) is 166 Å². The number of aliphatic carboxylic acids is 1. The van der Waals surface area contributed by atoms with Crippen LogP contribution in [0.3, 0.4) is 0 Å². The summed E-state index contributed by atoms with van der Waals surface area (Å²) in [5, 5.41) is 43.1. The van der Waals surface area contributed by atoms with Gasteiger partial charge in [0, 0.05) is 30.0 Å². The van der Waals surface area contributed by atoms with E-state index in [2.05, 4.69) is 10.2 Å². The molecule has 5 N–H and O–H groups in total. The van der Waals surface area contributed by atoms with Crippen LogP contribution in [0.15, 0.2) is 24.0 Å². The van der Waals surface area contributed by atoms with Crippen molar-refractivity contribution in [2.45, 2.75) is 80.9 Å². The highest BCUT2D eigenvalue weighted by Gasteiger charge is 2.71. The number of likely N-dealkylation sites (tertiary alicyclic amines) is 1. The van der Waals surface area contributed by atoms with Crippen LogP contribution in [0.2, 0.25) is 0 Å². The Bertz CT molecular complexity index is 1180. The number of hydrogen-bond donors (Lipinski definition) is 5. The molecule has 1 aromatic carbocycles. The lowest BCUT2D eigenvalue weighted by Gasteiger charge is -2.61. The monoisotopic (exact) mass is 516 g/mol. The number of aliphatic hydroxyl groups is 3. The van der Waals surface area contributed by atoms with E-state index in [0.717, 1.165) is 11.1 Å². The van der Waals surface area contributed by atoms with Gasteiger partial charge in [-0.2, -0.15) is 0 Å². The molecule has 37 heavy (non-hydrogen) atoms. The fourth-order valence-electron chi connectivity index (χ4n) is 6.63. The molecule has 1 amide bonds. The van der Waals surface area contributed by atoms with Gasteiger partial charge in [0.25, 0.3) is 0 Å². The van der Waals surface area contributed by atoms with Gasteiger partial charge in [0.15, 0.2) is 6.10 Å². The largest absolute Gasteiger partial charge is 0.481 e. The van der Waals surface area contributed by atoms with Gasteiger partial charge in [0.1, 0.15) is 23.7 Å². The number of benzene rings is 1. The summed E-state index contributed by atoms with van der Waals surface area (Å²) in [5.41, 5.74) is 0.515. The predicted octanol–water partition coefficient (Wildman–Crippen LogP) is -0.270. The maximum absolute atomic E-state index is 12.8. The van der Waals surface area contributed by atoms with E-state index in [0.29, 0.717) is 30.7 Å². The summed E-state index contributed by atoms with van der Waals surface area (Å²) in [4.78, 5) is 38.2. The number of ether oxygens (including phenoxy) is 2. The zero-order chi connectivity index (χ0) is 26.7. The SMILES string of the molecule is C[C@H](O)C(=O)N[C@@H](CCC(=O)OC1=CC[C@@]2(O)[C@H]3Cc4ccc(CO)c5c4C2(CCN3C)C1O5)C(=O)O. The van der Waals surface area contributed by atoms with Gasteiger partial charge in [0.2, 0.25) is 5.91 Å². The number of aliphatic hydroxyl groups excluding tert-OH is 2. The molecule has 4 aliphatic rings. The molecule has 11 nitrogen and oxygen atoms in total. The zero-order valence-corrected chi connectivity index (χ0v) is 20.8.